The van der Waals surface area contributed by atoms with Crippen LogP contribution in [0.4, 0.5) is 0 Å². The molecule has 0 saturated carbocycles. The Kier molecular flexibility index (Phi) is 6.31. The molecule has 0 amide bonds. The summed E-state index contributed by atoms with van der Waals surface area (Å²) in [4.78, 5) is 29.1. The number of hydrogen-bond donors (Lipinski definition) is 0. The Hall–Kier alpha value is -6.60. The molecule has 0 aliphatic carbocycles. The summed E-state index contributed by atoms with van der Waals surface area (Å²) in [6, 6.07) is 46.3. The number of pyridine rings is 1. The number of aromatic nitrogens is 6. The first-order valence-electron chi connectivity index (χ1n) is 15.3. The first kappa shape index (κ1) is 26.8. The molecule has 7 heteroatoms. The van der Waals surface area contributed by atoms with Gasteiger partial charge in [-0.05, 0) is 35.4 Å². The summed E-state index contributed by atoms with van der Waals surface area (Å²) >= 11 is 0. The monoisotopic (exact) mass is 604 g/mol. The van der Waals surface area contributed by atoms with Crippen LogP contribution in [0.15, 0.2) is 150 Å². The summed E-state index contributed by atoms with van der Waals surface area (Å²) in [5, 5.41) is 1.98. The maximum Gasteiger partial charge on any atom is 0.246 e. The Balaban J connectivity index is 1.14. The van der Waals surface area contributed by atoms with Gasteiger partial charge in [0.25, 0.3) is 0 Å². The minimum absolute atomic E-state index is 0.492. The van der Waals surface area contributed by atoms with E-state index in [1.54, 1.807) is 6.20 Å². The van der Waals surface area contributed by atoms with Crippen molar-refractivity contribution in [3.05, 3.63) is 146 Å². The normalized spacial score (nSPS) is 11.4. The predicted molar refractivity (Wildman–Crippen MR) is 185 cm³/mol. The number of para-hydroxylation sites is 2. The van der Waals surface area contributed by atoms with Crippen molar-refractivity contribution in [1.82, 2.24) is 29.9 Å². The minimum atomic E-state index is 0.492. The summed E-state index contributed by atoms with van der Waals surface area (Å²) in [7, 11) is 0. The fourth-order valence-electron chi connectivity index (χ4n) is 5.89. The van der Waals surface area contributed by atoms with Crippen molar-refractivity contribution in [3.63, 3.8) is 0 Å². The molecule has 5 aromatic carbocycles. The highest BCUT2D eigenvalue weighted by Crippen LogP contribution is 2.34. The van der Waals surface area contributed by atoms with Crippen molar-refractivity contribution >= 4 is 33.1 Å². The molecule has 0 saturated heterocycles. The van der Waals surface area contributed by atoms with Crippen molar-refractivity contribution in [2.75, 3.05) is 0 Å². The van der Waals surface area contributed by atoms with E-state index in [1.165, 1.54) is 0 Å². The van der Waals surface area contributed by atoms with E-state index in [2.05, 4.69) is 36.4 Å². The molecule has 0 fully saturated rings. The van der Waals surface area contributed by atoms with Gasteiger partial charge in [-0.3, -0.25) is 0 Å². The van der Waals surface area contributed by atoms with Crippen LogP contribution in [0.3, 0.4) is 0 Å². The zero-order valence-electron chi connectivity index (χ0n) is 24.9. The van der Waals surface area contributed by atoms with Gasteiger partial charge in [-0.25, -0.2) is 29.9 Å². The zero-order chi connectivity index (χ0) is 31.2. The third-order valence-electron chi connectivity index (χ3n) is 8.22. The van der Waals surface area contributed by atoms with Gasteiger partial charge in [0.15, 0.2) is 17.5 Å². The van der Waals surface area contributed by atoms with Crippen LogP contribution in [0.2, 0.25) is 0 Å². The molecule has 0 spiro atoms. The topological polar surface area (TPSA) is 90.5 Å². The highest BCUT2D eigenvalue weighted by atomic mass is 16.3. The second kappa shape index (κ2) is 11.1. The quantitative estimate of drug-likeness (QED) is 0.193. The van der Waals surface area contributed by atoms with Crippen molar-refractivity contribution in [2.24, 2.45) is 0 Å². The lowest BCUT2D eigenvalue weighted by Gasteiger charge is -2.11. The van der Waals surface area contributed by atoms with Gasteiger partial charge < -0.3 is 4.42 Å². The van der Waals surface area contributed by atoms with Crippen LogP contribution in [-0.4, -0.2) is 29.9 Å². The van der Waals surface area contributed by atoms with E-state index >= 15 is 0 Å². The first-order chi connectivity index (χ1) is 23.3. The number of furan rings is 1. The summed E-state index contributed by atoms with van der Waals surface area (Å²) in [6.07, 6.45) is 1.77. The van der Waals surface area contributed by atoms with Crippen LogP contribution in [0.25, 0.3) is 89.8 Å². The number of benzene rings is 5. The highest BCUT2D eigenvalue weighted by molar-refractivity contribution is 6.01. The zero-order valence-corrected chi connectivity index (χ0v) is 24.9. The molecular formula is C40H24N6O. The maximum absolute atomic E-state index is 6.03. The van der Waals surface area contributed by atoms with E-state index in [9.17, 15) is 0 Å². The summed E-state index contributed by atoms with van der Waals surface area (Å²) in [5.74, 6) is 1.87. The molecule has 4 aromatic heterocycles. The molecule has 47 heavy (non-hydrogen) atoms. The third kappa shape index (κ3) is 4.87. The number of rotatable bonds is 5. The number of nitrogens with zero attached hydrogens (tertiary/aromatic N) is 6. The van der Waals surface area contributed by atoms with Crippen LogP contribution >= 0.6 is 0 Å². The summed E-state index contributed by atoms with van der Waals surface area (Å²) in [5.41, 5.74) is 9.06. The van der Waals surface area contributed by atoms with Crippen LogP contribution in [0, 0.1) is 0 Å². The fraction of sp³-hybridized carbons (Fsp3) is 0. The van der Waals surface area contributed by atoms with Crippen molar-refractivity contribution in [1.29, 1.82) is 0 Å². The number of fused-ring (bicyclic) bond motifs is 4. The molecule has 0 atom stereocenters. The molecule has 0 unspecified atom stereocenters. The fourth-order valence-corrected chi connectivity index (χ4v) is 5.89. The highest BCUT2D eigenvalue weighted by Gasteiger charge is 2.16. The van der Waals surface area contributed by atoms with E-state index in [1.807, 2.05) is 103 Å². The van der Waals surface area contributed by atoms with Gasteiger partial charge in [0.05, 0.1) is 17.4 Å². The molecule has 220 valence electrons. The third-order valence-corrected chi connectivity index (χ3v) is 8.22. The molecule has 7 nitrogen and oxygen atoms in total. The smallest absolute Gasteiger partial charge is 0.246 e. The molecule has 0 aliphatic rings. The molecular weight excluding hydrogens is 580 g/mol. The average Bonchev–Trinajstić information content (AvgIpc) is 3.53. The van der Waals surface area contributed by atoms with Gasteiger partial charge in [-0.1, -0.05) is 115 Å². The maximum atomic E-state index is 6.03. The Bertz CT molecular complexity index is 2510. The van der Waals surface area contributed by atoms with E-state index in [4.69, 9.17) is 34.3 Å². The van der Waals surface area contributed by atoms with E-state index in [0.29, 0.717) is 28.9 Å². The van der Waals surface area contributed by atoms with E-state index in [-0.39, 0.29) is 0 Å². The second-order valence-electron chi connectivity index (χ2n) is 11.2. The van der Waals surface area contributed by atoms with Crippen LogP contribution in [-0.2, 0) is 0 Å². The van der Waals surface area contributed by atoms with Crippen LogP contribution in [0.1, 0.15) is 0 Å². The van der Waals surface area contributed by atoms with Crippen LogP contribution in [0.5, 0.6) is 0 Å². The molecule has 0 radical (unpaired) electrons. The van der Waals surface area contributed by atoms with Crippen molar-refractivity contribution in [3.8, 4) is 56.7 Å². The molecule has 9 rings (SSSR count). The average molecular weight is 605 g/mol. The summed E-state index contributed by atoms with van der Waals surface area (Å²) < 4.78 is 6.03. The van der Waals surface area contributed by atoms with Gasteiger partial charge in [-0.2, -0.15) is 0 Å². The minimum Gasteiger partial charge on any atom is -0.436 e. The molecule has 4 heterocycles. The largest absolute Gasteiger partial charge is 0.436 e. The summed E-state index contributed by atoms with van der Waals surface area (Å²) in [6.45, 7) is 0. The number of hydrogen-bond acceptors (Lipinski definition) is 7. The lowest BCUT2D eigenvalue weighted by Crippen LogP contribution is -2.00. The standard InChI is InChI=1S/C40H24N6O/c1-3-11-26(12-4-1)37-44-38(27-13-5-2-6-14-27)46-39(45-37)28-21-19-25(20-22-28)31-23-33(42-32-17-9-7-15-29(31)32)34-24-41-36-30-16-8-10-18-35(30)47-40(36)43-34/h1-24H. The van der Waals surface area contributed by atoms with Crippen LogP contribution < -0.4 is 0 Å². The van der Waals surface area contributed by atoms with Gasteiger partial charge in [0, 0.05) is 27.5 Å². The lowest BCUT2D eigenvalue weighted by atomic mass is 9.98. The van der Waals surface area contributed by atoms with Crippen molar-refractivity contribution in [2.45, 2.75) is 0 Å². The van der Waals surface area contributed by atoms with Gasteiger partial charge in [-0.15, -0.1) is 0 Å². The lowest BCUT2D eigenvalue weighted by molar-refractivity contribution is 0.653. The Labute approximate surface area is 269 Å². The van der Waals surface area contributed by atoms with Gasteiger partial charge in [0.1, 0.15) is 16.8 Å². The molecule has 9 aromatic rings. The SMILES string of the molecule is c1ccc(-c2nc(-c3ccccc3)nc(-c3ccc(-c4cc(-c5cnc6c(n5)oc5ccccc56)nc5ccccc45)cc3)n2)cc1. The van der Waals surface area contributed by atoms with E-state index in [0.717, 1.165) is 60.9 Å². The molecule has 0 aliphatic heterocycles. The first-order valence-corrected chi connectivity index (χ1v) is 15.3. The Morgan fingerprint density at radius 3 is 1.66 bits per heavy atom. The molecule has 0 bridgehead atoms. The van der Waals surface area contributed by atoms with E-state index < -0.39 is 0 Å². The Morgan fingerprint density at radius 2 is 0.979 bits per heavy atom. The predicted octanol–water partition coefficient (Wildman–Crippen LogP) is 9.44. The second-order valence-corrected chi connectivity index (χ2v) is 11.2. The Morgan fingerprint density at radius 1 is 0.426 bits per heavy atom. The molecule has 0 N–H and O–H groups in total. The van der Waals surface area contributed by atoms with Crippen molar-refractivity contribution < 1.29 is 4.42 Å². The van der Waals surface area contributed by atoms with Gasteiger partial charge in [0.2, 0.25) is 5.71 Å². The van der Waals surface area contributed by atoms with Gasteiger partial charge >= 0.3 is 0 Å².